The maximum atomic E-state index is 10.8. The van der Waals surface area contributed by atoms with Gasteiger partial charge in [-0.3, -0.25) is 10.1 Å². The number of phenols is 1. The van der Waals surface area contributed by atoms with Gasteiger partial charge in [0.1, 0.15) is 5.75 Å². The molecule has 0 radical (unpaired) electrons. The second kappa shape index (κ2) is 6.22. The molecular formula is C17H17NO3. The van der Waals surface area contributed by atoms with Crippen molar-refractivity contribution >= 4 is 17.8 Å². The minimum atomic E-state index is -0.519. The maximum Gasteiger partial charge on any atom is 0.273 e. The van der Waals surface area contributed by atoms with E-state index in [9.17, 15) is 15.2 Å². The highest BCUT2D eigenvalue weighted by atomic mass is 16.6. The lowest BCUT2D eigenvalue weighted by atomic mass is 10.0. The minimum absolute atomic E-state index is 0.112. The lowest BCUT2D eigenvalue weighted by Gasteiger charge is -2.04. The topological polar surface area (TPSA) is 63.4 Å². The Hall–Kier alpha value is -2.62. The van der Waals surface area contributed by atoms with Crippen LogP contribution in [0.25, 0.3) is 12.2 Å². The summed E-state index contributed by atoms with van der Waals surface area (Å²) >= 11 is 0. The second-order valence-electron chi connectivity index (χ2n) is 5.19. The van der Waals surface area contributed by atoms with Gasteiger partial charge in [-0.1, -0.05) is 50.3 Å². The van der Waals surface area contributed by atoms with Crippen LogP contribution in [0.5, 0.6) is 5.75 Å². The Balaban J connectivity index is 2.22. The number of phenolic OH excluding ortho intramolecular Hbond substituents is 1. The Morgan fingerprint density at radius 3 is 2.24 bits per heavy atom. The molecule has 0 saturated heterocycles. The molecule has 0 aromatic heterocycles. The highest BCUT2D eigenvalue weighted by Gasteiger charge is 2.07. The number of hydrogen-bond acceptors (Lipinski definition) is 3. The molecule has 0 aliphatic carbocycles. The van der Waals surface area contributed by atoms with Gasteiger partial charge in [0, 0.05) is 6.07 Å². The van der Waals surface area contributed by atoms with Gasteiger partial charge in [0.25, 0.3) is 5.69 Å². The van der Waals surface area contributed by atoms with Crippen LogP contribution < -0.4 is 0 Å². The fraction of sp³-hybridized carbons (Fsp3) is 0.176. The predicted octanol–water partition coefficient (Wildman–Crippen LogP) is 4.59. The number of benzene rings is 2. The number of rotatable bonds is 4. The number of nitrogens with zero attached hydrogens (tertiary/aromatic N) is 1. The van der Waals surface area contributed by atoms with E-state index in [4.69, 9.17) is 0 Å². The fourth-order valence-corrected chi connectivity index (χ4v) is 2.00. The van der Waals surface area contributed by atoms with E-state index >= 15 is 0 Å². The first-order valence-corrected chi connectivity index (χ1v) is 6.72. The lowest BCUT2D eigenvalue weighted by Crippen LogP contribution is -1.88. The van der Waals surface area contributed by atoms with Crippen LogP contribution in [0.4, 0.5) is 5.69 Å². The first kappa shape index (κ1) is 14.8. The Kier molecular flexibility index (Phi) is 4.38. The Morgan fingerprint density at radius 2 is 1.67 bits per heavy atom. The van der Waals surface area contributed by atoms with E-state index < -0.39 is 4.92 Å². The van der Waals surface area contributed by atoms with E-state index in [-0.39, 0.29) is 11.4 Å². The average Bonchev–Trinajstić information content (AvgIpc) is 2.45. The third kappa shape index (κ3) is 3.92. The van der Waals surface area contributed by atoms with E-state index in [1.165, 1.54) is 17.7 Å². The summed E-state index contributed by atoms with van der Waals surface area (Å²) in [6.07, 6.45) is 3.61. The van der Waals surface area contributed by atoms with E-state index in [2.05, 4.69) is 26.0 Å². The van der Waals surface area contributed by atoms with Crippen LogP contribution in [-0.2, 0) is 0 Å². The van der Waals surface area contributed by atoms with Crippen LogP contribution in [0.15, 0.2) is 42.5 Å². The first-order valence-electron chi connectivity index (χ1n) is 6.72. The molecule has 0 unspecified atom stereocenters. The number of nitro groups is 1. The van der Waals surface area contributed by atoms with Gasteiger partial charge in [0.05, 0.1) is 11.0 Å². The third-order valence-corrected chi connectivity index (χ3v) is 3.21. The third-order valence-electron chi connectivity index (χ3n) is 3.21. The molecule has 0 fully saturated rings. The predicted molar refractivity (Wildman–Crippen MR) is 84.2 cm³/mol. The van der Waals surface area contributed by atoms with E-state index in [0.717, 1.165) is 11.6 Å². The van der Waals surface area contributed by atoms with Gasteiger partial charge in [-0.25, -0.2) is 0 Å². The zero-order valence-electron chi connectivity index (χ0n) is 12.0. The molecule has 0 spiro atoms. The molecule has 2 aromatic rings. The van der Waals surface area contributed by atoms with E-state index in [1.807, 2.05) is 18.2 Å². The molecule has 4 heteroatoms. The minimum Gasteiger partial charge on any atom is -0.508 e. The molecule has 4 nitrogen and oxygen atoms in total. The smallest absolute Gasteiger partial charge is 0.273 e. The van der Waals surface area contributed by atoms with Gasteiger partial charge in [0.2, 0.25) is 0 Å². The first-order chi connectivity index (χ1) is 9.95. The molecule has 0 atom stereocenters. The van der Waals surface area contributed by atoms with Crippen LogP contribution in [0.2, 0.25) is 0 Å². The quantitative estimate of drug-likeness (QED) is 0.507. The fourth-order valence-electron chi connectivity index (χ4n) is 2.00. The largest absolute Gasteiger partial charge is 0.508 e. The summed E-state index contributed by atoms with van der Waals surface area (Å²) < 4.78 is 0. The lowest BCUT2D eigenvalue weighted by molar-refractivity contribution is -0.384. The Labute approximate surface area is 123 Å². The monoisotopic (exact) mass is 283 g/mol. The summed E-state index contributed by atoms with van der Waals surface area (Å²) in [5.74, 6) is 0.371. The van der Waals surface area contributed by atoms with Gasteiger partial charge in [-0.2, -0.15) is 0 Å². The molecule has 0 amide bonds. The number of aromatic hydroxyl groups is 1. The SMILES string of the molecule is CC(C)c1ccc(/C=C/c2cc(O)cc([N+](=O)[O-])c2)cc1. The van der Waals surface area contributed by atoms with Crippen molar-refractivity contribution in [3.63, 3.8) is 0 Å². The van der Waals surface area contributed by atoms with Crippen molar-refractivity contribution in [3.05, 3.63) is 69.3 Å². The zero-order chi connectivity index (χ0) is 15.4. The van der Waals surface area contributed by atoms with Crippen molar-refractivity contribution in [1.29, 1.82) is 0 Å². The van der Waals surface area contributed by atoms with Gasteiger partial charge in [0.15, 0.2) is 0 Å². The molecule has 0 bridgehead atoms. The average molecular weight is 283 g/mol. The van der Waals surface area contributed by atoms with Crippen LogP contribution in [0.1, 0.15) is 36.5 Å². The number of nitro benzene ring substituents is 1. The van der Waals surface area contributed by atoms with Crippen LogP contribution in [0, 0.1) is 10.1 Å². The summed E-state index contributed by atoms with van der Waals surface area (Å²) in [5, 5.41) is 20.3. The highest BCUT2D eigenvalue weighted by Crippen LogP contribution is 2.23. The summed E-state index contributed by atoms with van der Waals surface area (Å²) in [7, 11) is 0. The van der Waals surface area contributed by atoms with Gasteiger partial charge in [-0.15, -0.1) is 0 Å². The highest BCUT2D eigenvalue weighted by molar-refractivity contribution is 5.71. The molecule has 2 rings (SSSR count). The maximum absolute atomic E-state index is 10.8. The van der Waals surface area contributed by atoms with Crippen molar-refractivity contribution in [2.24, 2.45) is 0 Å². The van der Waals surface area contributed by atoms with Crippen molar-refractivity contribution < 1.29 is 10.0 Å². The van der Waals surface area contributed by atoms with Gasteiger partial charge >= 0.3 is 0 Å². The summed E-state index contributed by atoms with van der Waals surface area (Å²) in [6.45, 7) is 4.27. The van der Waals surface area contributed by atoms with Crippen LogP contribution >= 0.6 is 0 Å². The van der Waals surface area contributed by atoms with Crippen molar-refractivity contribution in [3.8, 4) is 5.75 Å². The van der Waals surface area contributed by atoms with Crippen LogP contribution in [-0.4, -0.2) is 10.0 Å². The van der Waals surface area contributed by atoms with Gasteiger partial charge < -0.3 is 5.11 Å². The Bertz CT molecular complexity index is 673. The van der Waals surface area contributed by atoms with Crippen LogP contribution in [0.3, 0.4) is 0 Å². The van der Waals surface area contributed by atoms with Gasteiger partial charge in [-0.05, 0) is 28.7 Å². The standard InChI is InChI=1S/C17H17NO3/c1-12(2)15-7-5-13(6-8-15)3-4-14-9-16(18(20)21)11-17(19)10-14/h3-12,19H,1-2H3/b4-3+. The molecular weight excluding hydrogens is 266 g/mol. The molecule has 0 aliphatic rings. The zero-order valence-corrected chi connectivity index (χ0v) is 12.0. The summed E-state index contributed by atoms with van der Waals surface area (Å²) in [6, 6.07) is 12.2. The molecule has 0 heterocycles. The van der Waals surface area contributed by atoms with Crippen molar-refractivity contribution in [1.82, 2.24) is 0 Å². The van der Waals surface area contributed by atoms with Crippen molar-refractivity contribution in [2.45, 2.75) is 19.8 Å². The number of hydrogen-bond donors (Lipinski definition) is 1. The second-order valence-corrected chi connectivity index (χ2v) is 5.19. The molecule has 2 aromatic carbocycles. The Morgan fingerprint density at radius 1 is 1.05 bits per heavy atom. The molecule has 0 saturated carbocycles. The summed E-state index contributed by atoms with van der Waals surface area (Å²) in [5.41, 5.74) is 2.74. The van der Waals surface area contributed by atoms with E-state index in [0.29, 0.717) is 11.5 Å². The molecule has 21 heavy (non-hydrogen) atoms. The summed E-state index contributed by atoms with van der Waals surface area (Å²) in [4.78, 5) is 10.2. The number of non-ortho nitro benzene ring substituents is 1. The van der Waals surface area contributed by atoms with Crippen molar-refractivity contribution in [2.75, 3.05) is 0 Å². The molecule has 108 valence electrons. The molecule has 0 aliphatic heterocycles. The normalized spacial score (nSPS) is 11.2. The van der Waals surface area contributed by atoms with E-state index in [1.54, 1.807) is 6.08 Å². The molecule has 1 N–H and O–H groups in total.